The minimum Gasteiger partial charge on any atom is -0.504 e. The van der Waals surface area contributed by atoms with Crippen molar-refractivity contribution >= 4 is 18.0 Å². The van der Waals surface area contributed by atoms with Crippen LogP contribution in [-0.4, -0.2) is 37.3 Å². The van der Waals surface area contributed by atoms with E-state index in [1.54, 1.807) is 12.1 Å². The smallest absolute Gasteiger partial charge is 0.336 e. The van der Waals surface area contributed by atoms with Crippen LogP contribution in [0.2, 0.25) is 0 Å². The van der Waals surface area contributed by atoms with Gasteiger partial charge in [-0.05, 0) is 23.8 Å². The number of aromatic hydroxyl groups is 1. The quantitative estimate of drug-likeness (QED) is 0.468. The average Bonchev–Trinajstić information content (AvgIpc) is 2.66. The fourth-order valence-electron chi connectivity index (χ4n) is 2.45. The highest BCUT2D eigenvalue weighted by Gasteiger charge is 2.20. The van der Waals surface area contributed by atoms with Crippen molar-refractivity contribution in [2.45, 2.75) is 0 Å². The number of rotatable bonds is 5. The van der Waals surface area contributed by atoms with Gasteiger partial charge in [0.25, 0.3) is 5.91 Å². The largest absolute Gasteiger partial charge is 0.504 e. The van der Waals surface area contributed by atoms with E-state index in [9.17, 15) is 14.7 Å². The maximum atomic E-state index is 12.1. The van der Waals surface area contributed by atoms with Crippen LogP contribution < -0.4 is 24.7 Å². The Bertz CT molecular complexity index is 921. The number of nitrogens with two attached hydrogens (primary N) is 1. The summed E-state index contributed by atoms with van der Waals surface area (Å²) in [6.07, 6.45) is 2.65. The maximum absolute atomic E-state index is 12.1. The molecule has 0 aliphatic carbocycles. The van der Waals surface area contributed by atoms with Crippen LogP contribution >= 0.6 is 0 Å². The molecule has 8 heteroatoms. The molecule has 1 aliphatic rings. The summed E-state index contributed by atoms with van der Waals surface area (Å²) >= 11 is 0. The van der Waals surface area contributed by atoms with Crippen LogP contribution in [0.1, 0.15) is 15.9 Å². The third kappa shape index (κ3) is 4.12. The predicted molar refractivity (Wildman–Crippen MR) is 95.3 cm³/mol. The van der Waals surface area contributed by atoms with Gasteiger partial charge >= 0.3 is 5.97 Å². The second-order valence-electron chi connectivity index (χ2n) is 5.54. The van der Waals surface area contributed by atoms with Gasteiger partial charge in [0.15, 0.2) is 23.0 Å². The van der Waals surface area contributed by atoms with E-state index in [0.29, 0.717) is 30.3 Å². The number of carbonyl (C=O) groups excluding carboxylic acids is 2. The first-order chi connectivity index (χ1) is 13.0. The number of hydrogen-bond donors (Lipinski definition) is 2. The van der Waals surface area contributed by atoms with Crippen LogP contribution in [0.25, 0.3) is 6.08 Å². The van der Waals surface area contributed by atoms with Crippen molar-refractivity contribution in [1.82, 2.24) is 0 Å². The maximum Gasteiger partial charge on any atom is 0.336 e. The molecule has 27 heavy (non-hydrogen) atoms. The second kappa shape index (κ2) is 7.69. The van der Waals surface area contributed by atoms with Crippen LogP contribution in [0.3, 0.4) is 0 Å². The highest BCUT2D eigenvalue weighted by molar-refractivity contribution is 5.98. The molecule has 0 aromatic heterocycles. The normalized spacial score (nSPS) is 12.6. The molecule has 2 aromatic rings. The number of amides is 1. The van der Waals surface area contributed by atoms with Crippen molar-refractivity contribution in [2.75, 3.05) is 20.3 Å². The number of fused-ring (bicyclic) bond motifs is 1. The first kappa shape index (κ1) is 18.1. The summed E-state index contributed by atoms with van der Waals surface area (Å²) in [5.74, 6) is -0.524. The Kier molecular flexibility index (Phi) is 5.16. The van der Waals surface area contributed by atoms with Gasteiger partial charge in [0.1, 0.15) is 19.0 Å². The highest BCUT2D eigenvalue weighted by atomic mass is 16.6. The van der Waals surface area contributed by atoms with Gasteiger partial charge in [-0.3, -0.25) is 4.79 Å². The zero-order valence-corrected chi connectivity index (χ0v) is 14.4. The third-order valence-electron chi connectivity index (χ3n) is 3.74. The molecular formula is C19H17NO7. The molecular weight excluding hydrogens is 354 g/mol. The van der Waals surface area contributed by atoms with E-state index in [0.717, 1.165) is 0 Å². The monoisotopic (exact) mass is 371 g/mol. The molecule has 2 aromatic carbocycles. The van der Waals surface area contributed by atoms with E-state index in [1.165, 1.54) is 37.5 Å². The minimum absolute atomic E-state index is 0.00676. The fraction of sp³-hybridized carbons (Fsp3) is 0.158. The summed E-state index contributed by atoms with van der Waals surface area (Å²) in [7, 11) is 1.42. The fourth-order valence-corrected chi connectivity index (χ4v) is 2.45. The Morgan fingerprint density at radius 2 is 1.81 bits per heavy atom. The second-order valence-corrected chi connectivity index (χ2v) is 5.54. The molecule has 0 atom stereocenters. The molecule has 3 rings (SSSR count). The molecule has 0 unspecified atom stereocenters. The molecule has 1 amide bonds. The van der Waals surface area contributed by atoms with Crippen molar-refractivity contribution in [3.05, 3.63) is 47.5 Å². The summed E-state index contributed by atoms with van der Waals surface area (Å²) < 4.78 is 21.1. The molecule has 1 aliphatic heterocycles. The number of benzene rings is 2. The lowest BCUT2D eigenvalue weighted by Crippen LogP contribution is -2.19. The van der Waals surface area contributed by atoms with Crippen LogP contribution in [0.15, 0.2) is 36.4 Å². The summed E-state index contributed by atoms with van der Waals surface area (Å²) in [6, 6.07) is 7.37. The standard InChI is InChI=1S/C19H17NO7/c1-24-15-8-11(2-4-13(15)21)3-5-18(22)27-14-10-17-16(25-6-7-26-17)9-12(14)19(20)23/h2-5,8-10,21H,6-7H2,1H3,(H2,20,23)/b5-3+. The first-order valence-electron chi connectivity index (χ1n) is 7.98. The Balaban J connectivity index is 1.80. The highest BCUT2D eigenvalue weighted by Crippen LogP contribution is 2.36. The molecule has 140 valence electrons. The van der Waals surface area contributed by atoms with Crippen LogP contribution in [0.4, 0.5) is 0 Å². The van der Waals surface area contributed by atoms with Gasteiger partial charge in [0.05, 0.1) is 12.7 Å². The molecule has 0 saturated carbocycles. The lowest BCUT2D eigenvalue weighted by atomic mass is 10.1. The molecule has 1 heterocycles. The zero-order valence-electron chi connectivity index (χ0n) is 14.4. The Hall–Kier alpha value is -3.68. The van der Waals surface area contributed by atoms with Gasteiger partial charge in [0.2, 0.25) is 0 Å². The number of methoxy groups -OCH3 is 1. The van der Waals surface area contributed by atoms with Gasteiger partial charge in [-0.15, -0.1) is 0 Å². The number of phenolic OH excluding ortho intramolecular Hbond substituents is 1. The summed E-state index contributed by atoms with van der Waals surface area (Å²) in [6.45, 7) is 0.696. The Labute approximate surface area is 154 Å². The van der Waals surface area contributed by atoms with E-state index in [4.69, 9.17) is 24.7 Å². The lowest BCUT2D eigenvalue weighted by molar-refractivity contribution is -0.128. The molecule has 8 nitrogen and oxygen atoms in total. The minimum atomic E-state index is -0.762. The zero-order chi connectivity index (χ0) is 19.4. The van der Waals surface area contributed by atoms with Crippen LogP contribution in [0.5, 0.6) is 28.7 Å². The first-order valence-corrected chi connectivity index (χ1v) is 7.98. The van der Waals surface area contributed by atoms with Crippen molar-refractivity contribution < 1.29 is 33.6 Å². The van der Waals surface area contributed by atoms with Crippen molar-refractivity contribution in [3.63, 3.8) is 0 Å². The topological polar surface area (TPSA) is 117 Å². The Morgan fingerprint density at radius 3 is 2.48 bits per heavy atom. The SMILES string of the molecule is COc1cc(/C=C/C(=O)Oc2cc3c(cc2C(N)=O)OCCO3)ccc1O. The summed E-state index contributed by atoms with van der Waals surface area (Å²) in [4.78, 5) is 23.8. The molecule has 0 spiro atoms. The van der Waals surface area contributed by atoms with Gasteiger partial charge in [-0.25, -0.2) is 4.79 Å². The number of primary amides is 1. The molecule has 0 bridgehead atoms. The number of esters is 1. The van der Waals surface area contributed by atoms with Crippen molar-refractivity contribution in [3.8, 4) is 28.7 Å². The van der Waals surface area contributed by atoms with Crippen molar-refractivity contribution in [2.24, 2.45) is 5.73 Å². The van der Waals surface area contributed by atoms with E-state index in [2.05, 4.69) is 0 Å². The van der Waals surface area contributed by atoms with E-state index in [1.807, 2.05) is 0 Å². The average molecular weight is 371 g/mol. The number of phenols is 1. The Morgan fingerprint density at radius 1 is 1.11 bits per heavy atom. The van der Waals surface area contributed by atoms with Gasteiger partial charge in [-0.1, -0.05) is 6.07 Å². The van der Waals surface area contributed by atoms with Crippen LogP contribution in [-0.2, 0) is 4.79 Å². The summed E-state index contributed by atoms with van der Waals surface area (Å²) in [5, 5.41) is 9.58. The lowest BCUT2D eigenvalue weighted by Gasteiger charge is -2.20. The number of ether oxygens (including phenoxy) is 4. The molecule has 0 saturated heterocycles. The summed E-state index contributed by atoms with van der Waals surface area (Å²) in [5.41, 5.74) is 5.97. The van der Waals surface area contributed by atoms with Crippen molar-refractivity contribution in [1.29, 1.82) is 0 Å². The molecule has 0 radical (unpaired) electrons. The third-order valence-corrected chi connectivity index (χ3v) is 3.74. The van der Waals surface area contributed by atoms with Gasteiger partial charge < -0.3 is 29.8 Å². The van der Waals surface area contributed by atoms with E-state index < -0.39 is 11.9 Å². The van der Waals surface area contributed by atoms with E-state index >= 15 is 0 Å². The molecule has 3 N–H and O–H groups in total. The van der Waals surface area contributed by atoms with E-state index in [-0.39, 0.29) is 22.8 Å². The predicted octanol–water partition coefficient (Wildman–Crippen LogP) is 1.89. The molecule has 0 fully saturated rings. The van der Waals surface area contributed by atoms with Gasteiger partial charge in [0, 0.05) is 18.2 Å². The van der Waals surface area contributed by atoms with Gasteiger partial charge in [-0.2, -0.15) is 0 Å². The number of carbonyl (C=O) groups is 2. The van der Waals surface area contributed by atoms with Crippen LogP contribution in [0, 0.1) is 0 Å². The number of hydrogen-bond acceptors (Lipinski definition) is 7.